The van der Waals surface area contributed by atoms with E-state index in [9.17, 15) is 4.79 Å². The molecule has 2 heterocycles. The Morgan fingerprint density at radius 1 is 1.19 bits per heavy atom. The van der Waals surface area contributed by atoms with E-state index in [1.54, 1.807) is 4.90 Å². The van der Waals surface area contributed by atoms with Gasteiger partial charge in [-0.1, -0.05) is 23.7 Å². The van der Waals surface area contributed by atoms with Crippen molar-refractivity contribution < 1.29 is 14.3 Å². The first-order valence-electron chi connectivity index (χ1n) is 9.20. The minimum Gasteiger partial charge on any atom is -0.472 e. The highest BCUT2D eigenvalue weighted by atomic mass is 35.5. The van der Waals surface area contributed by atoms with E-state index in [0.29, 0.717) is 30.6 Å². The fourth-order valence-corrected chi connectivity index (χ4v) is 3.10. The summed E-state index contributed by atoms with van der Waals surface area (Å²) in [6.07, 6.45) is 3.38. The molecule has 6 nitrogen and oxygen atoms in total. The van der Waals surface area contributed by atoms with Crippen molar-refractivity contribution in [1.29, 1.82) is 0 Å². The molecular weight excluding hydrogens is 366 g/mol. The summed E-state index contributed by atoms with van der Waals surface area (Å²) in [6.45, 7) is 7.43. The lowest BCUT2D eigenvalue weighted by Crippen LogP contribution is -2.42. The van der Waals surface area contributed by atoms with Gasteiger partial charge in [-0.2, -0.15) is 0 Å². The van der Waals surface area contributed by atoms with Gasteiger partial charge in [0.15, 0.2) is 0 Å². The molecule has 0 N–H and O–H groups in total. The molecule has 0 unspecified atom stereocenters. The van der Waals surface area contributed by atoms with Crippen LogP contribution in [0.25, 0.3) is 0 Å². The lowest BCUT2D eigenvalue weighted by atomic mass is 10.1. The van der Waals surface area contributed by atoms with Gasteiger partial charge in [-0.3, -0.25) is 4.68 Å². The van der Waals surface area contributed by atoms with Crippen LogP contribution in [0.1, 0.15) is 45.2 Å². The maximum atomic E-state index is 12.2. The third-order valence-corrected chi connectivity index (χ3v) is 4.63. The first-order valence-corrected chi connectivity index (χ1v) is 9.58. The molecule has 1 aromatic heterocycles. The van der Waals surface area contributed by atoms with E-state index in [4.69, 9.17) is 21.1 Å². The molecule has 1 aliphatic rings. The summed E-state index contributed by atoms with van der Waals surface area (Å²) in [5, 5.41) is 5.24. The number of likely N-dealkylation sites (tertiary alicyclic amines) is 1. The van der Waals surface area contributed by atoms with Gasteiger partial charge in [0.2, 0.25) is 5.88 Å². The highest BCUT2D eigenvalue weighted by Crippen LogP contribution is 2.24. The number of carbonyl (C=O) groups excluding carboxylic acids is 1. The summed E-state index contributed by atoms with van der Waals surface area (Å²) in [7, 11) is 0. The second kappa shape index (κ2) is 8.21. The van der Waals surface area contributed by atoms with Gasteiger partial charge in [0.1, 0.15) is 12.2 Å². The number of aromatic nitrogens is 2. The summed E-state index contributed by atoms with van der Waals surface area (Å²) >= 11 is 5.89. The number of nitrogens with zero attached hydrogens (tertiary/aromatic N) is 3. The molecule has 0 spiro atoms. The fourth-order valence-electron chi connectivity index (χ4n) is 2.98. The zero-order valence-electron chi connectivity index (χ0n) is 16.0. The number of ether oxygens (including phenoxy) is 2. The fraction of sp³-hybridized carbons (Fsp3) is 0.500. The predicted octanol–water partition coefficient (Wildman–Crippen LogP) is 4.69. The Labute approximate surface area is 165 Å². The second-order valence-electron chi connectivity index (χ2n) is 7.75. The largest absolute Gasteiger partial charge is 0.472 e. The van der Waals surface area contributed by atoms with E-state index in [0.717, 1.165) is 18.4 Å². The average molecular weight is 392 g/mol. The molecular formula is C20H26ClN3O3. The van der Waals surface area contributed by atoms with Crippen molar-refractivity contribution in [3.63, 3.8) is 0 Å². The summed E-state index contributed by atoms with van der Waals surface area (Å²) in [4.78, 5) is 13.9. The van der Waals surface area contributed by atoms with Crippen LogP contribution in [0.2, 0.25) is 5.02 Å². The van der Waals surface area contributed by atoms with Crippen molar-refractivity contribution in [3.05, 3.63) is 47.1 Å². The van der Waals surface area contributed by atoms with Crippen molar-refractivity contribution in [3.8, 4) is 5.88 Å². The topological polar surface area (TPSA) is 56.6 Å². The van der Waals surface area contributed by atoms with Crippen LogP contribution in [-0.4, -0.2) is 39.5 Å². The number of benzene rings is 1. The minimum atomic E-state index is -0.466. The zero-order chi connectivity index (χ0) is 19.4. The molecule has 3 rings (SSSR count). The Hall–Kier alpha value is -2.21. The van der Waals surface area contributed by atoms with E-state index in [1.165, 1.54) is 0 Å². The van der Waals surface area contributed by atoms with Crippen LogP contribution in [0.5, 0.6) is 5.88 Å². The van der Waals surface area contributed by atoms with Crippen LogP contribution in [0.15, 0.2) is 36.5 Å². The molecule has 0 bridgehead atoms. The van der Waals surface area contributed by atoms with Gasteiger partial charge in [0.25, 0.3) is 0 Å². The van der Waals surface area contributed by atoms with Gasteiger partial charge in [-0.25, -0.2) is 4.79 Å². The second-order valence-corrected chi connectivity index (χ2v) is 8.18. The van der Waals surface area contributed by atoms with Crippen LogP contribution in [0, 0.1) is 0 Å². The molecule has 0 radical (unpaired) electrons. The number of carbonyl (C=O) groups is 1. The summed E-state index contributed by atoms with van der Waals surface area (Å²) in [5.74, 6) is 0.597. The number of hydrogen-bond acceptors (Lipinski definition) is 4. The van der Waals surface area contributed by atoms with E-state index in [-0.39, 0.29) is 12.1 Å². The first kappa shape index (κ1) is 19.5. The highest BCUT2D eigenvalue weighted by molar-refractivity contribution is 6.30. The van der Waals surface area contributed by atoms with Gasteiger partial charge >= 0.3 is 6.09 Å². The Bertz CT molecular complexity index is 760. The van der Waals surface area contributed by atoms with Crippen LogP contribution >= 0.6 is 11.6 Å². The first-order chi connectivity index (χ1) is 12.8. The van der Waals surface area contributed by atoms with E-state index >= 15 is 0 Å². The Kier molecular flexibility index (Phi) is 5.95. The van der Waals surface area contributed by atoms with Crippen LogP contribution in [-0.2, 0) is 11.3 Å². The molecule has 0 atom stereocenters. The molecule has 1 aromatic carbocycles. The Morgan fingerprint density at radius 3 is 2.48 bits per heavy atom. The highest BCUT2D eigenvalue weighted by Gasteiger charge is 2.27. The molecule has 146 valence electrons. The minimum absolute atomic E-state index is 0.242. The third-order valence-electron chi connectivity index (χ3n) is 4.37. The third kappa shape index (κ3) is 5.63. The molecule has 27 heavy (non-hydrogen) atoms. The molecule has 7 heteroatoms. The number of halogens is 1. The molecule has 1 amide bonds. The van der Waals surface area contributed by atoms with Gasteiger partial charge in [0.05, 0.1) is 6.04 Å². The predicted molar refractivity (Wildman–Crippen MR) is 104 cm³/mol. The van der Waals surface area contributed by atoms with Crippen molar-refractivity contribution in [1.82, 2.24) is 14.7 Å². The van der Waals surface area contributed by atoms with E-state index in [1.807, 2.05) is 62.0 Å². The summed E-state index contributed by atoms with van der Waals surface area (Å²) in [5.41, 5.74) is 0.575. The molecule has 1 saturated heterocycles. The van der Waals surface area contributed by atoms with Crippen molar-refractivity contribution in [2.75, 3.05) is 13.1 Å². The van der Waals surface area contributed by atoms with Crippen LogP contribution < -0.4 is 4.74 Å². The van der Waals surface area contributed by atoms with Crippen molar-refractivity contribution in [2.24, 2.45) is 0 Å². The van der Waals surface area contributed by atoms with E-state index < -0.39 is 5.60 Å². The number of rotatable bonds is 4. The van der Waals surface area contributed by atoms with Gasteiger partial charge < -0.3 is 14.4 Å². The van der Waals surface area contributed by atoms with Crippen LogP contribution in [0.3, 0.4) is 0 Å². The lowest BCUT2D eigenvalue weighted by molar-refractivity contribution is 0.0184. The van der Waals surface area contributed by atoms with E-state index in [2.05, 4.69) is 5.10 Å². The monoisotopic (exact) mass is 391 g/mol. The molecule has 0 saturated carbocycles. The number of piperidine rings is 1. The number of amides is 1. The standard InChI is InChI=1S/C20H26ClN3O3/c1-20(2,3)27-19(25)23-11-8-17(9-12-23)24-13-10-18(22-24)26-14-15-4-6-16(21)7-5-15/h4-7,10,13,17H,8-9,11-12,14H2,1-3H3. The normalized spacial score (nSPS) is 15.6. The molecule has 0 aliphatic carbocycles. The molecule has 1 aliphatic heterocycles. The summed E-state index contributed by atoms with van der Waals surface area (Å²) < 4.78 is 13.1. The maximum absolute atomic E-state index is 12.2. The Morgan fingerprint density at radius 2 is 1.85 bits per heavy atom. The lowest BCUT2D eigenvalue weighted by Gasteiger charge is -2.33. The smallest absolute Gasteiger partial charge is 0.410 e. The maximum Gasteiger partial charge on any atom is 0.410 e. The Balaban J connectivity index is 1.49. The molecule has 1 fully saturated rings. The zero-order valence-corrected chi connectivity index (χ0v) is 16.8. The SMILES string of the molecule is CC(C)(C)OC(=O)N1CCC(n2ccc(OCc3ccc(Cl)cc3)n2)CC1. The van der Waals surface area contributed by atoms with Crippen molar-refractivity contribution >= 4 is 17.7 Å². The quantitative estimate of drug-likeness (QED) is 0.758. The van der Waals surface area contributed by atoms with Gasteiger partial charge in [-0.05, 0) is 51.3 Å². The van der Waals surface area contributed by atoms with Crippen LogP contribution in [0.4, 0.5) is 4.79 Å². The van der Waals surface area contributed by atoms with Gasteiger partial charge in [0, 0.05) is 30.4 Å². The van der Waals surface area contributed by atoms with Crippen molar-refractivity contribution in [2.45, 2.75) is 51.9 Å². The average Bonchev–Trinajstić information content (AvgIpc) is 3.09. The molecule has 2 aromatic rings. The van der Waals surface area contributed by atoms with Gasteiger partial charge in [-0.15, -0.1) is 5.10 Å². The number of hydrogen-bond donors (Lipinski definition) is 0. The summed E-state index contributed by atoms with van der Waals surface area (Å²) in [6, 6.07) is 9.69.